The van der Waals surface area contributed by atoms with E-state index in [9.17, 15) is 4.55 Å². The fourth-order valence-corrected chi connectivity index (χ4v) is 5.78. The first-order valence-corrected chi connectivity index (χ1v) is 18.1. The fraction of sp³-hybridized carbons (Fsp3) is 0.406. The normalized spacial score (nSPS) is 14.3. The summed E-state index contributed by atoms with van der Waals surface area (Å²) in [6.07, 6.45) is 4.30. The lowest BCUT2D eigenvalue weighted by Gasteiger charge is -2.36. The first-order chi connectivity index (χ1) is 19.2. The lowest BCUT2D eigenvalue weighted by atomic mass is 10.1. The van der Waals surface area contributed by atoms with Crippen molar-refractivity contribution < 1.29 is 8.98 Å². The van der Waals surface area contributed by atoms with Crippen molar-refractivity contribution in [2.75, 3.05) is 0 Å². The molecule has 0 fully saturated rings. The summed E-state index contributed by atoms with van der Waals surface area (Å²) < 4.78 is 24.0. The minimum Gasteiger partial charge on any atom is -0.598 e. The van der Waals surface area contributed by atoms with Gasteiger partial charge in [0.1, 0.15) is 4.75 Å². The van der Waals surface area contributed by atoms with Crippen LogP contribution in [0.15, 0.2) is 73.4 Å². The van der Waals surface area contributed by atoms with Crippen LogP contribution in [0.25, 0.3) is 28.0 Å². The summed E-state index contributed by atoms with van der Waals surface area (Å²) in [5.74, 6) is 0.745. The third kappa shape index (κ3) is 7.34. The smallest absolute Gasteiger partial charge is 0.192 e. The zero-order valence-corrected chi connectivity index (χ0v) is 27.4. The molecule has 0 bridgehead atoms. The molecule has 0 aliphatic heterocycles. The Hall–Kier alpha value is -2.82. The summed E-state index contributed by atoms with van der Waals surface area (Å²) in [6.45, 7) is 21.5. The topological polar surface area (TPSA) is 87.9 Å². The van der Waals surface area contributed by atoms with Crippen molar-refractivity contribution in [3.05, 3.63) is 84.8 Å². The van der Waals surface area contributed by atoms with E-state index in [0.29, 0.717) is 13.0 Å². The third-order valence-electron chi connectivity index (χ3n) is 7.60. The number of fused-ring (bicyclic) bond motifs is 1. The molecular weight excluding hydrogens is 547 g/mol. The molecule has 3 aromatic heterocycles. The molecule has 0 spiro atoms. The molecule has 4 aromatic rings. The number of nitrogens with zero attached hydrogens (tertiary/aromatic N) is 4. The number of pyridine rings is 2. The maximum Gasteiger partial charge on any atom is 0.192 e. The Kier molecular flexibility index (Phi) is 9.25. The molecule has 0 saturated carbocycles. The number of hydrogen-bond acceptors (Lipinski definition) is 6. The monoisotopic (exact) mass is 589 g/mol. The number of hydrogen-bond donors (Lipinski definition) is 1. The Morgan fingerprint density at radius 1 is 1.05 bits per heavy atom. The Labute approximate surface area is 248 Å². The third-order valence-corrected chi connectivity index (χ3v) is 13.7. The van der Waals surface area contributed by atoms with E-state index in [0.717, 1.165) is 39.4 Å². The van der Waals surface area contributed by atoms with E-state index in [1.807, 2.05) is 74.1 Å². The van der Waals surface area contributed by atoms with Gasteiger partial charge in [-0.2, -0.15) is 5.10 Å². The minimum absolute atomic E-state index is 0.135. The van der Waals surface area contributed by atoms with Gasteiger partial charge in [-0.1, -0.05) is 51.1 Å². The van der Waals surface area contributed by atoms with Crippen LogP contribution < -0.4 is 4.72 Å². The molecule has 1 aromatic carbocycles. The SMILES string of the molecule is C=CC[C@H](N[S+]([O-])C(C)(C)C)c1cccc(-c2ccc3cnn(-c4cccc(CO[Si](C)(C)C(C)(C)C)n4)c3c2)n1. The van der Waals surface area contributed by atoms with Crippen LogP contribution in [0.3, 0.4) is 0 Å². The summed E-state index contributed by atoms with van der Waals surface area (Å²) in [5.41, 5.74) is 4.45. The van der Waals surface area contributed by atoms with E-state index in [4.69, 9.17) is 14.4 Å². The average molecular weight is 590 g/mol. The first-order valence-electron chi connectivity index (χ1n) is 14.0. The van der Waals surface area contributed by atoms with Gasteiger partial charge in [0.15, 0.2) is 14.1 Å². The van der Waals surface area contributed by atoms with E-state index in [2.05, 4.69) is 68.5 Å². The van der Waals surface area contributed by atoms with Gasteiger partial charge in [0.25, 0.3) is 0 Å². The summed E-state index contributed by atoms with van der Waals surface area (Å²) in [6, 6.07) is 17.9. The number of rotatable bonds is 10. The molecule has 2 atom stereocenters. The molecular formula is C32H43N5O2SSi. The zero-order chi connectivity index (χ0) is 30.0. The summed E-state index contributed by atoms with van der Waals surface area (Å²) in [5, 5.41) is 5.81. The summed E-state index contributed by atoms with van der Waals surface area (Å²) >= 11 is -1.23. The van der Waals surface area contributed by atoms with E-state index in [1.54, 1.807) is 0 Å². The average Bonchev–Trinajstić information content (AvgIpc) is 3.34. The van der Waals surface area contributed by atoms with Crippen LogP contribution in [0.4, 0.5) is 0 Å². The van der Waals surface area contributed by atoms with Gasteiger partial charge in [-0.05, 0) is 75.7 Å². The lowest BCUT2D eigenvalue weighted by molar-refractivity contribution is 0.272. The van der Waals surface area contributed by atoms with Crippen molar-refractivity contribution in [1.82, 2.24) is 24.5 Å². The van der Waals surface area contributed by atoms with Crippen LogP contribution in [-0.4, -0.2) is 37.4 Å². The quantitative estimate of drug-likeness (QED) is 0.116. The predicted octanol–water partition coefficient (Wildman–Crippen LogP) is 7.67. The summed E-state index contributed by atoms with van der Waals surface area (Å²) in [4.78, 5) is 9.86. The highest BCUT2D eigenvalue weighted by Gasteiger charge is 2.37. The second kappa shape index (κ2) is 12.2. The van der Waals surface area contributed by atoms with Crippen molar-refractivity contribution in [3.63, 3.8) is 0 Å². The van der Waals surface area contributed by atoms with Gasteiger partial charge >= 0.3 is 0 Å². The van der Waals surface area contributed by atoms with Gasteiger partial charge in [-0.3, -0.25) is 4.98 Å². The molecule has 4 rings (SSSR count). The minimum atomic E-state index is -1.89. The Morgan fingerprint density at radius 3 is 2.46 bits per heavy atom. The van der Waals surface area contributed by atoms with E-state index < -0.39 is 19.7 Å². The van der Waals surface area contributed by atoms with Crippen molar-refractivity contribution in [1.29, 1.82) is 0 Å². The van der Waals surface area contributed by atoms with Gasteiger partial charge < -0.3 is 8.98 Å². The number of benzene rings is 1. The molecule has 41 heavy (non-hydrogen) atoms. The molecule has 0 aliphatic carbocycles. The molecule has 0 amide bonds. The molecule has 9 heteroatoms. The van der Waals surface area contributed by atoms with E-state index >= 15 is 0 Å². The Morgan fingerprint density at radius 2 is 1.78 bits per heavy atom. The van der Waals surface area contributed by atoms with Crippen LogP contribution >= 0.6 is 0 Å². The van der Waals surface area contributed by atoms with E-state index in [1.165, 1.54) is 0 Å². The van der Waals surface area contributed by atoms with Crippen LogP contribution in [0.2, 0.25) is 18.1 Å². The van der Waals surface area contributed by atoms with Gasteiger partial charge in [0, 0.05) is 22.3 Å². The standard InChI is InChI=1S/C32H43N5O2SSi/c1-10-13-28(36-40(38)31(2,3)4)27-16-12-15-26(35-27)23-18-19-24-21-33-37(29(24)20-23)30-17-11-14-25(34-30)22-39-41(8,9)32(5,6)7/h10-12,14-21,28,36H,1,13,22H2,2-9H3/t28-,40?/m0/s1. The lowest BCUT2D eigenvalue weighted by Crippen LogP contribution is -2.41. The van der Waals surface area contributed by atoms with Crippen molar-refractivity contribution >= 4 is 30.6 Å². The second-order valence-electron chi connectivity index (χ2n) is 12.9. The second-order valence-corrected chi connectivity index (χ2v) is 19.7. The fourth-order valence-electron chi connectivity index (χ4n) is 4.00. The largest absolute Gasteiger partial charge is 0.598 e. The highest BCUT2D eigenvalue weighted by Crippen LogP contribution is 2.37. The van der Waals surface area contributed by atoms with Gasteiger partial charge in [-0.25, -0.2) is 9.67 Å². The zero-order valence-electron chi connectivity index (χ0n) is 25.6. The van der Waals surface area contributed by atoms with Crippen LogP contribution in [0, 0.1) is 0 Å². The highest BCUT2D eigenvalue weighted by atomic mass is 32.2. The summed E-state index contributed by atoms with van der Waals surface area (Å²) in [7, 11) is -1.89. The van der Waals surface area contributed by atoms with E-state index in [-0.39, 0.29) is 15.8 Å². The maximum absolute atomic E-state index is 12.8. The molecule has 218 valence electrons. The van der Waals surface area contributed by atoms with Crippen molar-refractivity contribution in [2.24, 2.45) is 0 Å². The van der Waals surface area contributed by atoms with Gasteiger partial charge in [0.05, 0.1) is 41.4 Å². The molecule has 0 saturated heterocycles. The van der Waals surface area contributed by atoms with Crippen molar-refractivity contribution in [3.8, 4) is 17.1 Å². The highest BCUT2D eigenvalue weighted by molar-refractivity contribution is 7.90. The molecule has 3 heterocycles. The van der Waals surface area contributed by atoms with Crippen LogP contribution in [-0.2, 0) is 22.4 Å². The number of nitrogens with one attached hydrogen (secondary N) is 1. The number of aromatic nitrogens is 4. The molecule has 1 unspecified atom stereocenters. The van der Waals surface area contributed by atoms with Crippen LogP contribution in [0.5, 0.6) is 0 Å². The van der Waals surface area contributed by atoms with Crippen LogP contribution in [0.1, 0.15) is 65.4 Å². The first kappa shape index (κ1) is 31.1. The predicted molar refractivity (Wildman–Crippen MR) is 173 cm³/mol. The molecule has 7 nitrogen and oxygen atoms in total. The molecule has 0 radical (unpaired) electrons. The Bertz CT molecular complexity index is 1510. The maximum atomic E-state index is 12.8. The molecule has 1 N–H and O–H groups in total. The van der Waals surface area contributed by atoms with Crippen molar-refractivity contribution in [2.45, 2.75) is 83.5 Å². The molecule has 0 aliphatic rings. The Balaban J connectivity index is 1.64. The van der Waals surface area contributed by atoms with Gasteiger partial charge in [0.2, 0.25) is 0 Å². The van der Waals surface area contributed by atoms with Gasteiger partial charge in [-0.15, -0.1) is 11.3 Å².